The minimum Gasteiger partial charge on any atom is -0.437 e. The number of hydrogen-bond donors (Lipinski definition) is 2. The first-order valence-electron chi connectivity index (χ1n) is 37.1. The molecule has 620 valence electrons. The fraction of sp³-hybridized carbons (Fsp3) is 1.00. The molecule has 0 bridgehead atoms. The van der Waals surface area contributed by atoms with Gasteiger partial charge in [-0.1, -0.05) is 0 Å². The molecule has 0 aromatic heterocycles. The van der Waals surface area contributed by atoms with Crippen molar-refractivity contribution in [3.8, 4) is 0 Å². The van der Waals surface area contributed by atoms with Crippen molar-refractivity contribution in [2.75, 3.05) is 39.6 Å². The molecule has 103 heavy (non-hydrogen) atoms. The van der Waals surface area contributed by atoms with Crippen LogP contribution in [-0.2, 0) is 91.8 Å². The molecular formula is C57H160O24Si22. The van der Waals surface area contributed by atoms with E-state index in [0.29, 0.717) is 13.2 Å². The van der Waals surface area contributed by atoms with E-state index in [4.69, 9.17) is 91.8 Å². The number of rotatable bonds is 54. The molecule has 0 radical (unpaired) electrons. The Hall–Kier alpha value is 3.81. The maximum atomic E-state index is 10.6. The van der Waals surface area contributed by atoms with E-state index in [-0.39, 0.29) is 26.4 Å². The summed E-state index contributed by atoms with van der Waals surface area (Å²) in [5.41, 5.74) is -0.948. The van der Waals surface area contributed by atoms with Crippen LogP contribution in [0.25, 0.3) is 0 Å². The summed E-state index contributed by atoms with van der Waals surface area (Å²) < 4.78 is 149. The van der Waals surface area contributed by atoms with Gasteiger partial charge in [0.15, 0.2) is 33.3 Å². The van der Waals surface area contributed by atoms with Crippen LogP contribution < -0.4 is 0 Å². The third-order valence-corrected chi connectivity index (χ3v) is 96.9. The first kappa shape index (κ1) is 107. The van der Waals surface area contributed by atoms with Crippen LogP contribution in [0.4, 0.5) is 0 Å². The van der Waals surface area contributed by atoms with Gasteiger partial charge in [0.1, 0.15) is 0 Å². The topological polar surface area (TPSA) is 244 Å². The van der Waals surface area contributed by atoms with Crippen LogP contribution >= 0.6 is 0 Å². The molecule has 0 heterocycles. The maximum absolute atomic E-state index is 10.6. The van der Waals surface area contributed by atoms with Gasteiger partial charge in [-0.25, -0.2) is 0 Å². The average Bonchev–Trinajstić information content (AvgIpc) is 0.810. The van der Waals surface area contributed by atoms with Crippen molar-refractivity contribution in [1.29, 1.82) is 0 Å². The second kappa shape index (κ2) is 38.5. The van der Waals surface area contributed by atoms with Gasteiger partial charge < -0.3 is 102 Å². The molecule has 0 saturated heterocycles. The molecule has 0 unspecified atom stereocenters. The Bertz CT molecular complexity index is 2400. The highest BCUT2D eigenvalue weighted by atomic mass is 28.6. The first-order valence-corrected chi connectivity index (χ1v) is 101. The molecule has 0 amide bonds. The molecule has 0 aromatic rings. The predicted octanol–water partition coefficient (Wildman–Crippen LogP) is 17.8. The van der Waals surface area contributed by atoms with Gasteiger partial charge in [-0.15, -0.1) is 0 Å². The van der Waals surface area contributed by atoms with Crippen LogP contribution in [0.1, 0.15) is 12.8 Å². The van der Waals surface area contributed by atoms with Crippen molar-refractivity contribution in [3.05, 3.63) is 0 Å². The molecule has 0 spiro atoms. The first-order chi connectivity index (χ1) is 44.7. The van der Waals surface area contributed by atoms with Gasteiger partial charge in [0.05, 0.1) is 31.8 Å². The van der Waals surface area contributed by atoms with E-state index in [0.717, 1.165) is 24.9 Å². The van der Waals surface area contributed by atoms with E-state index in [2.05, 4.69) is 301 Å². The molecule has 0 aromatic carbocycles. The lowest BCUT2D eigenvalue weighted by Gasteiger charge is -2.45. The summed E-state index contributed by atoms with van der Waals surface area (Å²) in [6, 6.07) is 1.67. The molecule has 2 N–H and O–H groups in total. The molecule has 0 aliphatic carbocycles. The summed E-state index contributed by atoms with van der Waals surface area (Å²) in [7, 11) is -57.0. The lowest BCUT2D eigenvalue weighted by atomic mass is 9.92. The molecule has 0 atom stereocenters. The van der Waals surface area contributed by atoms with Crippen LogP contribution in [-0.4, -0.2) is 237 Å². The summed E-state index contributed by atoms with van der Waals surface area (Å²) in [4.78, 5) is 0. The smallest absolute Gasteiger partial charge is 0.314 e. The van der Waals surface area contributed by atoms with E-state index in [1.165, 1.54) is 0 Å². The van der Waals surface area contributed by atoms with Crippen LogP contribution in [0.3, 0.4) is 0 Å². The van der Waals surface area contributed by atoms with Gasteiger partial charge in [0.25, 0.3) is 0 Å². The van der Waals surface area contributed by atoms with Crippen LogP contribution in [0.5, 0.6) is 0 Å². The molecule has 46 heteroatoms. The highest BCUT2D eigenvalue weighted by molar-refractivity contribution is 6.96. The number of ether oxygens (including phenoxy) is 2. The zero-order valence-electron chi connectivity index (χ0n) is 74.4. The summed E-state index contributed by atoms with van der Waals surface area (Å²) >= 11 is 0. The average molecular weight is 1850 g/mol. The third kappa shape index (κ3) is 50.8. The Labute approximate surface area is 655 Å². The van der Waals surface area contributed by atoms with Gasteiger partial charge >= 0.3 is 154 Å². The fourth-order valence-corrected chi connectivity index (χ4v) is 126. The molecule has 0 aliphatic heterocycles. The molecule has 0 rings (SSSR count). The Morgan fingerprint density at radius 3 is 0.437 bits per heavy atom. The van der Waals surface area contributed by atoms with Gasteiger partial charge in [0.2, 0.25) is 0 Å². The number of aliphatic hydroxyl groups is 2. The number of hydrogen-bond acceptors (Lipinski definition) is 24. The highest BCUT2D eigenvalue weighted by Gasteiger charge is 2.54. The van der Waals surface area contributed by atoms with Crippen molar-refractivity contribution in [2.45, 2.75) is 326 Å². The molecule has 0 fully saturated rings. The van der Waals surface area contributed by atoms with Crippen molar-refractivity contribution in [3.63, 3.8) is 0 Å². The second-order valence-electron chi connectivity index (χ2n) is 39.1. The van der Waals surface area contributed by atoms with Crippen molar-refractivity contribution in [1.82, 2.24) is 0 Å². The van der Waals surface area contributed by atoms with Crippen LogP contribution in [0.2, 0.25) is 313 Å². The summed E-state index contributed by atoms with van der Waals surface area (Å²) in [6.07, 6.45) is 1.50. The van der Waals surface area contributed by atoms with Crippen LogP contribution in [0.15, 0.2) is 0 Å². The van der Waals surface area contributed by atoms with E-state index < -0.39 is 193 Å². The lowest BCUT2D eigenvalue weighted by molar-refractivity contribution is -0.0767. The maximum Gasteiger partial charge on any atom is 0.314 e. The summed E-state index contributed by atoms with van der Waals surface area (Å²) in [5, 5.41) is 21.2. The molecule has 0 aliphatic rings. The van der Waals surface area contributed by atoms with E-state index in [1.807, 2.05) is 0 Å². The van der Waals surface area contributed by atoms with Crippen molar-refractivity contribution < 1.29 is 102 Å². The zero-order valence-corrected chi connectivity index (χ0v) is 96.4. The summed E-state index contributed by atoms with van der Waals surface area (Å²) in [6.45, 7) is 97.2. The Morgan fingerprint density at radius 2 is 0.311 bits per heavy atom. The SMILES string of the molecule is C[Si](C)(C)O[Si](C)(C)O[Si](C)(C)O[Si](C)(C)O[Si](C)(C)O[Si](C)(C)O[Si](C)(C)O[Si](C)(C)O[Si](C)(C)O[Si](C)(C)O[Si](C)(C)CCCOCC(CO)(CO)COCCC[Si](C)(C)O[Si](C)(C)O[Si](C)(C)O[Si](C)(C)O[Si](C)(C)O[Si](C)(C)O[Si](C)(C)O[Si](C)(C)O[Si](C)(C)O[Si](C)(C)O[Si](C)(C)C. The monoisotopic (exact) mass is 1840 g/mol. The second-order valence-corrected chi connectivity index (χ2v) is 122. The van der Waals surface area contributed by atoms with Gasteiger partial charge in [-0.05, 0) is 326 Å². The third-order valence-electron chi connectivity index (χ3n) is 13.6. The molecule has 24 nitrogen and oxygen atoms in total. The Morgan fingerprint density at radius 1 is 0.184 bits per heavy atom. The standard InChI is InChI=1S/C57H160O24Si22/c1-82(2,3)62-86(11,12)66-90(19,20)70-94(27,28)74-98(35,36)78-102(43,44)80-100(39,40)76-96(31,32)72-92(23,24)68-88(15,16)64-84(7,8)51-47-49-60-55-57(53-58,54-59)56-61-50-48-52-85(9,10)65-89(17,18)69-93(25,26)73-97(33,34)77-101(41,42)81-103(45,46)79-99(37,38)75-95(29,30)71-91(21,22)67-87(13,14)63-83(4,5)6/h58-59H,47-56H2,1-46H3. The quantitative estimate of drug-likeness (QED) is 0.0425. The fourth-order valence-electron chi connectivity index (χ4n) is 14.8. The van der Waals surface area contributed by atoms with E-state index in [1.54, 1.807) is 0 Å². The van der Waals surface area contributed by atoms with Crippen molar-refractivity contribution >= 4 is 187 Å². The largest absolute Gasteiger partial charge is 0.437 e. The van der Waals surface area contributed by atoms with Gasteiger partial charge in [-0.3, -0.25) is 0 Å². The lowest BCUT2D eigenvalue weighted by Crippen LogP contribution is -2.62. The Kier molecular flexibility index (Phi) is 39.9. The predicted molar refractivity (Wildman–Crippen MR) is 475 cm³/mol. The van der Waals surface area contributed by atoms with Crippen LogP contribution in [0, 0.1) is 5.41 Å². The van der Waals surface area contributed by atoms with Crippen molar-refractivity contribution in [2.24, 2.45) is 5.41 Å². The summed E-state index contributed by atoms with van der Waals surface area (Å²) in [5.74, 6) is 0. The Balaban J connectivity index is 5.43. The van der Waals surface area contributed by atoms with Gasteiger partial charge in [0, 0.05) is 13.2 Å². The minimum atomic E-state index is -2.82. The zero-order chi connectivity index (χ0) is 82.1. The van der Waals surface area contributed by atoms with E-state index in [9.17, 15) is 10.2 Å². The minimum absolute atomic E-state index is 0.156. The highest BCUT2D eigenvalue weighted by Crippen LogP contribution is 2.36. The number of aliphatic hydroxyl groups excluding tert-OH is 2. The molecule has 0 saturated carbocycles. The van der Waals surface area contributed by atoms with Gasteiger partial charge in [-0.2, -0.15) is 0 Å². The normalized spacial score (nSPS) is 15.8. The molecular weight excluding hydrogens is 1690 g/mol. The van der Waals surface area contributed by atoms with E-state index >= 15 is 0 Å².